The molecule has 0 aliphatic carbocycles. The summed E-state index contributed by atoms with van der Waals surface area (Å²) in [5, 5.41) is 9.96. The van der Waals surface area contributed by atoms with Crippen molar-refractivity contribution in [1.29, 1.82) is 0 Å². The van der Waals surface area contributed by atoms with Crippen molar-refractivity contribution in [3.05, 3.63) is 36.3 Å². The third-order valence-corrected chi connectivity index (χ3v) is 6.70. The number of likely N-dealkylation sites (tertiary alicyclic amines) is 1. The van der Waals surface area contributed by atoms with Crippen LogP contribution in [0.2, 0.25) is 0 Å². The van der Waals surface area contributed by atoms with Gasteiger partial charge in [0.2, 0.25) is 5.91 Å². The van der Waals surface area contributed by atoms with E-state index in [0.717, 1.165) is 31.5 Å². The van der Waals surface area contributed by atoms with Crippen molar-refractivity contribution >= 4 is 23.9 Å². The van der Waals surface area contributed by atoms with Gasteiger partial charge in [0.25, 0.3) is 12.4 Å². The standard InChI is InChI=1S/C21H26N4O3.CH2O2/c1-2-5-19(26)25-11-15-14(17-7-8-21(15,13-25)28-17)10-22-20(27)16-12-24-9-4-3-6-18(24)23-16;2-1-3/h3-4,6,9,12,14-15,17H,2,5,7-8,10-11,13H2,1H3,(H,22,27);1H,(H,2,3)/t14-,15+,17+,21+;/m0./s1. The number of carbonyl (C=O) groups is 3. The molecule has 31 heavy (non-hydrogen) atoms. The summed E-state index contributed by atoms with van der Waals surface area (Å²) >= 11 is 0. The second kappa shape index (κ2) is 8.66. The summed E-state index contributed by atoms with van der Waals surface area (Å²) in [5.74, 6) is 0.644. The molecule has 9 nitrogen and oxygen atoms in total. The smallest absolute Gasteiger partial charge is 0.290 e. The van der Waals surface area contributed by atoms with E-state index in [-0.39, 0.29) is 35.9 Å². The minimum Gasteiger partial charge on any atom is -0.483 e. The molecule has 2 aromatic rings. The van der Waals surface area contributed by atoms with E-state index in [9.17, 15) is 9.59 Å². The number of pyridine rings is 1. The lowest BCUT2D eigenvalue weighted by atomic mass is 9.73. The van der Waals surface area contributed by atoms with Crippen LogP contribution in [0.15, 0.2) is 30.6 Å². The van der Waals surface area contributed by atoms with Crippen LogP contribution in [0.3, 0.4) is 0 Å². The number of carbonyl (C=O) groups excluding carboxylic acids is 2. The molecule has 0 aromatic carbocycles. The van der Waals surface area contributed by atoms with Gasteiger partial charge < -0.3 is 24.5 Å². The number of carboxylic acid groups (broad SMARTS) is 1. The molecule has 3 aliphatic rings. The van der Waals surface area contributed by atoms with Crippen LogP contribution in [0.25, 0.3) is 5.65 Å². The minimum absolute atomic E-state index is 0.155. The van der Waals surface area contributed by atoms with Gasteiger partial charge in [0.1, 0.15) is 11.3 Å². The SMILES string of the molecule is CCCC(=O)N1C[C@@H]2[C@H](CNC(=O)c3cn4ccccc4n3)[C@H]3CC[C@]2(C1)O3.O=CO. The molecule has 0 radical (unpaired) electrons. The number of fused-ring (bicyclic) bond motifs is 2. The summed E-state index contributed by atoms with van der Waals surface area (Å²) in [6.07, 6.45) is 7.33. The molecule has 3 saturated heterocycles. The fourth-order valence-corrected chi connectivity index (χ4v) is 5.37. The summed E-state index contributed by atoms with van der Waals surface area (Å²) in [7, 11) is 0. The maximum atomic E-state index is 12.6. The third kappa shape index (κ3) is 3.89. The molecule has 1 spiro atoms. The Morgan fingerprint density at radius 1 is 1.42 bits per heavy atom. The Kier molecular flexibility index (Phi) is 5.95. The number of hydrogen-bond acceptors (Lipinski definition) is 5. The van der Waals surface area contributed by atoms with Gasteiger partial charge in [-0.15, -0.1) is 0 Å². The Morgan fingerprint density at radius 2 is 2.23 bits per heavy atom. The number of nitrogens with one attached hydrogen (secondary N) is 1. The van der Waals surface area contributed by atoms with Crippen molar-refractivity contribution in [2.45, 2.75) is 44.3 Å². The molecule has 166 valence electrons. The highest BCUT2D eigenvalue weighted by atomic mass is 16.5. The normalized spacial score (nSPS) is 28.2. The zero-order valence-corrected chi connectivity index (χ0v) is 17.6. The quantitative estimate of drug-likeness (QED) is 0.699. The Labute approximate surface area is 180 Å². The second-order valence-corrected chi connectivity index (χ2v) is 8.46. The highest BCUT2D eigenvalue weighted by Crippen LogP contribution is 2.54. The predicted molar refractivity (Wildman–Crippen MR) is 112 cm³/mol. The van der Waals surface area contributed by atoms with E-state index in [1.165, 1.54) is 0 Å². The molecule has 3 fully saturated rings. The number of nitrogens with zero attached hydrogens (tertiary/aromatic N) is 3. The number of imidazole rings is 1. The van der Waals surface area contributed by atoms with Gasteiger partial charge in [0.15, 0.2) is 0 Å². The van der Waals surface area contributed by atoms with Crippen LogP contribution in [-0.2, 0) is 14.3 Å². The molecular weight excluding hydrogens is 400 g/mol. The van der Waals surface area contributed by atoms with Crippen LogP contribution in [0.5, 0.6) is 0 Å². The Balaban J connectivity index is 0.000000730. The Bertz CT molecular complexity index is 943. The average Bonchev–Trinajstić information content (AvgIpc) is 3.51. The predicted octanol–water partition coefficient (Wildman–Crippen LogP) is 1.57. The van der Waals surface area contributed by atoms with Gasteiger partial charge in [0, 0.05) is 43.7 Å². The largest absolute Gasteiger partial charge is 0.483 e. The highest BCUT2D eigenvalue weighted by Gasteiger charge is 2.63. The minimum atomic E-state index is -0.250. The van der Waals surface area contributed by atoms with E-state index in [4.69, 9.17) is 14.6 Å². The van der Waals surface area contributed by atoms with Crippen LogP contribution in [-0.4, -0.2) is 69.0 Å². The van der Waals surface area contributed by atoms with Crippen molar-refractivity contribution in [3.8, 4) is 0 Å². The molecule has 2 amide bonds. The first kappa shape index (κ1) is 21.3. The van der Waals surface area contributed by atoms with Crippen molar-refractivity contribution < 1.29 is 24.2 Å². The molecule has 2 bridgehead atoms. The first-order valence-corrected chi connectivity index (χ1v) is 10.8. The summed E-state index contributed by atoms with van der Waals surface area (Å²) in [5.41, 5.74) is 0.999. The van der Waals surface area contributed by atoms with E-state index in [1.54, 1.807) is 6.20 Å². The zero-order valence-electron chi connectivity index (χ0n) is 17.6. The van der Waals surface area contributed by atoms with Crippen molar-refractivity contribution in [3.63, 3.8) is 0 Å². The number of rotatable bonds is 5. The number of ether oxygens (including phenoxy) is 1. The molecule has 2 aromatic heterocycles. The average molecular weight is 428 g/mol. The molecule has 3 aliphatic heterocycles. The molecule has 9 heteroatoms. The van der Waals surface area contributed by atoms with Crippen LogP contribution < -0.4 is 5.32 Å². The molecule has 5 heterocycles. The van der Waals surface area contributed by atoms with E-state index in [1.807, 2.05) is 40.6 Å². The van der Waals surface area contributed by atoms with Crippen LogP contribution in [0.1, 0.15) is 43.1 Å². The second-order valence-electron chi connectivity index (χ2n) is 8.46. The Morgan fingerprint density at radius 3 is 2.97 bits per heavy atom. The molecule has 5 rings (SSSR count). The van der Waals surface area contributed by atoms with Crippen molar-refractivity contribution in [2.24, 2.45) is 11.8 Å². The molecule has 0 unspecified atom stereocenters. The van der Waals surface area contributed by atoms with Gasteiger partial charge in [-0.25, -0.2) is 4.98 Å². The van der Waals surface area contributed by atoms with E-state index >= 15 is 0 Å². The summed E-state index contributed by atoms with van der Waals surface area (Å²) in [4.78, 5) is 39.7. The zero-order chi connectivity index (χ0) is 22.0. The first-order chi connectivity index (χ1) is 15.0. The third-order valence-electron chi connectivity index (χ3n) is 6.70. The van der Waals surface area contributed by atoms with Crippen molar-refractivity contribution in [1.82, 2.24) is 19.6 Å². The van der Waals surface area contributed by atoms with Gasteiger partial charge >= 0.3 is 0 Å². The maximum absolute atomic E-state index is 12.6. The topological polar surface area (TPSA) is 113 Å². The lowest BCUT2D eigenvalue weighted by Crippen LogP contribution is -2.42. The maximum Gasteiger partial charge on any atom is 0.290 e. The van der Waals surface area contributed by atoms with Crippen LogP contribution in [0.4, 0.5) is 0 Å². The van der Waals surface area contributed by atoms with Gasteiger partial charge in [-0.2, -0.15) is 0 Å². The molecule has 2 N–H and O–H groups in total. The lowest BCUT2D eigenvalue weighted by molar-refractivity contribution is -0.131. The summed E-state index contributed by atoms with van der Waals surface area (Å²) in [6, 6.07) is 5.70. The number of amides is 2. The van der Waals surface area contributed by atoms with Crippen molar-refractivity contribution in [2.75, 3.05) is 19.6 Å². The van der Waals surface area contributed by atoms with Gasteiger partial charge in [0.05, 0.1) is 18.2 Å². The number of hydrogen-bond donors (Lipinski definition) is 2. The van der Waals surface area contributed by atoms with Crippen LogP contribution in [0, 0.1) is 11.8 Å². The fraction of sp³-hybridized carbons (Fsp3) is 0.545. The van der Waals surface area contributed by atoms with Gasteiger partial charge in [-0.3, -0.25) is 14.4 Å². The van der Waals surface area contributed by atoms with E-state index < -0.39 is 0 Å². The first-order valence-electron chi connectivity index (χ1n) is 10.8. The molecular formula is C22H28N4O5. The van der Waals surface area contributed by atoms with Crippen LogP contribution >= 0.6 is 0 Å². The highest BCUT2D eigenvalue weighted by molar-refractivity contribution is 5.92. The van der Waals surface area contributed by atoms with E-state index in [0.29, 0.717) is 31.1 Å². The van der Waals surface area contributed by atoms with Gasteiger partial charge in [-0.05, 0) is 31.4 Å². The Hall–Kier alpha value is -2.94. The monoisotopic (exact) mass is 428 g/mol. The fourth-order valence-electron chi connectivity index (χ4n) is 5.37. The molecule has 0 saturated carbocycles. The number of aromatic nitrogens is 2. The molecule has 4 atom stereocenters. The summed E-state index contributed by atoms with van der Waals surface area (Å²) in [6.45, 7) is 3.82. The van der Waals surface area contributed by atoms with Gasteiger partial charge in [-0.1, -0.05) is 13.0 Å². The van der Waals surface area contributed by atoms with E-state index in [2.05, 4.69) is 10.3 Å². The summed E-state index contributed by atoms with van der Waals surface area (Å²) < 4.78 is 8.22. The lowest BCUT2D eigenvalue weighted by Gasteiger charge is -2.29.